The molecular weight excluding hydrogens is 538 g/mol. The van der Waals surface area contributed by atoms with Gasteiger partial charge in [0.05, 0.1) is 28.8 Å². The third kappa shape index (κ3) is 5.52. The second kappa shape index (κ2) is 10.8. The predicted octanol–water partition coefficient (Wildman–Crippen LogP) is 3.80. The number of hydrogen-bond donors (Lipinski definition) is 3. The van der Waals surface area contributed by atoms with Gasteiger partial charge < -0.3 is 19.4 Å². The average Bonchev–Trinajstić information content (AvgIpc) is 3.19. The van der Waals surface area contributed by atoms with E-state index in [0.717, 1.165) is 11.6 Å². The Morgan fingerprint density at radius 2 is 1.68 bits per heavy atom. The molecule has 12 heteroatoms. The number of esters is 2. The maximum Gasteiger partial charge on any atom is 0.339 e. The Bertz CT molecular complexity index is 1840. The third-order valence-electron chi connectivity index (χ3n) is 6.34. The highest BCUT2D eigenvalue weighted by Gasteiger charge is 2.28. The summed E-state index contributed by atoms with van der Waals surface area (Å²) in [5.74, 6) is -2.23. The lowest BCUT2D eigenvalue weighted by atomic mass is 10.1. The number of H-pyrrole nitrogens is 2. The van der Waals surface area contributed by atoms with Crippen molar-refractivity contribution in [3.8, 4) is 0 Å². The summed E-state index contributed by atoms with van der Waals surface area (Å²) in [5.41, 5.74) is 1.62. The first-order valence-electron chi connectivity index (χ1n) is 12.1. The minimum atomic E-state index is -4.05. The van der Waals surface area contributed by atoms with Gasteiger partial charge in [-0.25, -0.2) is 18.0 Å². The molecule has 1 atom stereocenters. The molecule has 208 valence electrons. The van der Waals surface area contributed by atoms with Crippen LogP contribution in [-0.2, 0) is 19.5 Å². The highest BCUT2D eigenvalue weighted by Crippen LogP contribution is 2.25. The van der Waals surface area contributed by atoms with Gasteiger partial charge in [-0.1, -0.05) is 12.1 Å². The lowest BCUT2D eigenvalue weighted by Crippen LogP contribution is -2.26. The van der Waals surface area contributed by atoms with Crippen LogP contribution in [0.4, 0.5) is 5.69 Å². The molecule has 4 aromatic rings. The van der Waals surface area contributed by atoms with Crippen LogP contribution in [0.1, 0.15) is 54.9 Å². The molecule has 4 rings (SSSR count). The number of ketones is 1. The number of rotatable bonds is 8. The van der Waals surface area contributed by atoms with Crippen molar-refractivity contribution >= 4 is 44.3 Å². The lowest BCUT2D eigenvalue weighted by Gasteiger charge is -2.14. The number of carbonyl (C=O) groups excluding carboxylic acids is 3. The molecule has 0 fully saturated rings. The number of aromatic nitrogens is 2. The van der Waals surface area contributed by atoms with Crippen LogP contribution < -0.4 is 10.3 Å². The zero-order valence-electron chi connectivity index (χ0n) is 22.4. The molecule has 0 unspecified atom stereocenters. The van der Waals surface area contributed by atoms with E-state index in [9.17, 15) is 27.6 Å². The topological polar surface area (TPSA) is 164 Å². The molecule has 40 heavy (non-hydrogen) atoms. The largest absolute Gasteiger partial charge is 0.465 e. The number of pyridine rings is 1. The highest BCUT2D eigenvalue weighted by molar-refractivity contribution is 7.92. The van der Waals surface area contributed by atoms with E-state index in [-0.39, 0.29) is 32.6 Å². The zero-order valence-corrected chi connectivity index (χ0v) is 23.2. The summed E-state index contributed by atoms with van der Waals surface area (Å²) >= 11 is 0. The molecule has 2 aromatic carbocycles. The lowest BCUT2D eigenvalue weighted by molar-refractivity contribution is 0.0318. The highest BCUT2D eigenvalue weighted by atomic mass is 32.2. The summed E-state index contributed by atoms with van der Waals surface area (Å²) in [6.07, 6.45) is -1.31. The number of aryl methyl sites for hydroxylation is 2. The fraction of sp³-hybridized carbons (Fsp3) is 0.214. The van der Waals surface area contributed by atoms with E-state index in [1.807, 2.05) is 13.0 Å². The van der Waals surface area contributed by atoms with Gasteiger partial charge in [-0.2, -0.15) is 0 Å². The number of nitrogens with one attached hydrogen (secondary N) is 3. The van der Waals surface area contributed by atoms with Crippen LogP contribution in [0.25, 0.3) is 10.9 Å². The van der Waals surface area contributed by atoms with Crippen LogP contribution in [0.3, 0.4) is 0 Å². The number of fused-ring (bicyclic) bond motifs is 1. The van der Waals surface area contributed by atoms with Crippen molar-refractivity contribution in [3.05, 3.63) is 92.5 Å². The number of aromatic amines is 2. The van der Waals surface area contributed by atoms with E-state index < -0.39 is 39.4 Å². The molecule has 0 radical (unpaired) electrons. The van der Waals surface area contributed by atoms with Crippen LogP contribution in [-0.4, -0.2) is 49.3 Å². The summed E-state index contributed by atoms with van der Waals surface area (Å²) < 4.78 is 38.8. The molecule has 0 amide bonds. The SMILES string of the molecule is COC(=O)c1c(C)[nH]c(C(=O)[C@H](C)OC(=O)c2cc(=O)[nH]c3ccc(S(=O)(=O)Nc4cccc(C)c4)cc23)c1C. The Kier molecular flexibility index (Phi) is 7.65. The summed E-state index contributed by atoms with van der Waals surface area (Å²) in [7, 11) is -2.83. The van der Waals surface area contributed by atoms with Gasteiger partial charge in [0, 0.05) is 28.4 Å². The third-order valence-corrected chi connectivity index (χ3v) is 7.72. The summed E-state index contributed by atoms with van der Waals surface area (Å²) in [4.78, 5) is 55.9. The zero-order chi connectivity index (χ0) is 29.4. The number of sulfonamides is 1. The maximum atomic E-state index is 13.2. The molecular formula is C28H27N3O8S. The molecule has 3 N–H and O–H groups in total. The van der Waals surface area contributed by atoms with E-state index in [1.54, 1.807) is 32.0 Å². The van der Waals surface area contributed by atoms with Crippen molar-refractivity contribution in [3.63, 3.8) is 0 Å². The summed E-state index contributed by atoms with van der Waals surface area (Å²) in [6.45, 7) is 6.35. The molecule has 0 saturated heterocycles. The molecule has 2 aromatic heterocycles. The Morgan fingerprint density at radius 3 is 2.35 bits per heavy atom. The first-order valence-corrected chi connectivity index (χ1v) is 13.6. The molecule has 2 heterocycles. The van der Waals surface area contributed by atoms with Crippen molar-refractivity contribution < 1.29 is 32.3 Å². The smallest absolute Gasteiger partial charge is 0.339 e. The number of carbonyl (C=O) groups is 3. The standard InChI is InChI=1S/C28H27N3O8S/c1-14-7-6-8-18(11-14)31-40(36,37)19-9-10-22-20(12-19)21(13-23(32)30-22)27(34)39-17(4)26(33)25-15(2)24(16(3)29-25)28(35)38-5/h6-13,17,29,31H,1-5H3,(H,30,32)/t17-/m0/s1. The van der Waals surface area contributed by atoms with Crippen LogP contribution >= 0.6 is 0 Å². The van der Waals surface area contributed by atoms with Gasteiger partial charge in [-0.15, -0.1) is 0 Å². The Hall–Kier alpha value is -4.71. The molecule has 0 aliphatic carbocycles. The Balaban J connectivity index is 1.66. The van der Waals surface area contributed by atoms with Crippen molar-refractivity contribution in [2.24, 2.45) is 0 Å². The minimum Gasteiger partial charge on any atom is -0.465 e. The molecule has 0 bridgehead atoms. The van der Waals surface area contributed by atoms with E-state index in [1.165, 1.54) is 32.2 Å². The monoisotopic (exact) mass is 565 g/mol. The normalized spacial score (nSPS) is 12.1. The van der Waals surface area contributed by atoms with Gasteiger partial charge in [-0.05, 0) is 69.2 Å². The fourth-order valence-electron chi connectivity index (χ4n) is 4.38. The number of anilines is 1. The van der Waals surface area contributed by atoms with Crippen molar-refractivity contribution in [2.45, 2.75) is 38.7 Å². The average molecular weight is 566 g/mol. The molecule has 0 saturated carbocycles. The van der Waals surface area contributed by atoms with Gasteiger partial charge in [-0.3, -0.25) is 14.3 Å². The maximum absolute atomic E-state index is 13.2. The summed E-state index contributed by atoms with van der Waals surface area (Å²) in [5, 5.41) is 0.108. The first-order chi connectivity index (χ1) is 18.8. The van der Waals surface area contributed by atoms with Crippen molar-refractivity contribution in [2.75, 3.05) is 11.8 Å². The van der Waals surface area contributed by atoms with Crippen LogP contribution in [0, 0.1) is 20.8 Å². The van der Waals surface area contributed by atoms with Gasteiger partial charge in [0.2, 0.25) is 11.3 Å². The van der Waals surface area contributed by atoms with Crippen LogP contribution in [0.15, 0.2) is 58.2 Å². The second-order valence-corrected chi connectivity index (χ2v) is 10.9. The van der Waals surface area contributed by atoms with Crippen molar-refractivity contribution in [1.82, 2.24) is 9.97 Å². The van der Waals surface area contributed by atoms with Gasteiger partial charge >= 0.3 is 11.9 Å². The van der Waals surface area contributed by atoms with Gasteiger partial charge in [0.15, 0.2) is 6.10 Å². The first kappa shape index (κ1) is 28.3. The fourth-order valence-corrected chi connectivity index (χ4v) is 5.45. The van der Waals surface area contributed by atoms with Crippen LogP contribution in [0.5, 0.6) is 0 Å². The van der Waals surface area contributed by atoms with E-state index in [2.05, 4.69) is 14.7 Å². The Labute approximate surface area is 229 Å². The van der Waals surface area contributed by atoms with Gasteiger partial charge in [0.1, 0.15) is 0 Å². The van der Waals surface area contributed by atoms with E-state index in [0.29, 0.717) is 16.9 Å². The van der Waals surface area contributed by atoms with Crippen molar-refractivity contribution in [1.29, 1.82) is 0 Å². The predicted molar refractivity (Wildman–Crippen MR) is 147 cm³/mol. The molecule has 11 nitrogen and oxygen atoms in total. The number of hydrogen-bond acceptors (Lipinski definition) is 8. The number of benzene rings is 2. The number of ether oxygens (including phenoxy) is 2. The molecule has 0 spiro atoms. The molecule has 0 aliphatic heterocycles. The second-order valence-electron chi connectivity index (χ2n) is 9.26. The van der Waals surface area contributed by atoms with E-state index in [4.69, 9.17) is 9.47 Å². The Morgan fingerprint density at radius 1 is 0.950 bits per heavy atom. The van der Waals surface area contributed by atoms with Crippen LogP contribution in [0.2, 0.25) is 0 Å². The minimum absolute atomic E-state index is 0.0737. The number of methoxy groups -OCH3 is 1. The molecule has 0 aliphatic rings. The number of Topliss-reactive ketones (excluding diaryl/α,β-unsaturated/α-hetero) is 1. The van der Waals surface area contributed by atoms with E-state index >= 15 is 0 Å². The quantitative estimate of drug-likeness (QED) is 0.214. The van der Waals surface area contributed by atoms with Gasteiger partial charge in [0.25, 0.3) is 10.0 Å². The summed E-state index contributed by atoms with van der Waals surface area (Å²) in [6, 6.07) is 11.7.